The second kappa shape index (κ2) is 5.32. The van der Waals surface area contributed by atoms with Gasteiger partial charge in [-0.2, -0.15) is 5.10 Å². The van der Waals surface area contributed by atoms with Crippen LogP contribution in [0.1, 0.15) is 16.1 Å². The number of nitrogens with zero attached hydrogens (tertiary/aromatic N) is 4. The maximum absolute atomic E-state index is 12.4. The molecule has 0 aliphatic carbocycles. The lowest BCUT2D eigenvalue weighted by atomic mass is 10.2. The average Bonchev–Trinajstić information content (AvgIpc) is 2.94. The number of piperazine rings is 1. The van der Waals surface area contributed by atoms with Crippen molar-refractivity contribution < 1.29 is 4.79 Å². The number of aromatic nitrogens is 3. The van der Waals surface area contributed by atoms with Crippen LogP contribution in [0.5, 0.6) is 0 Å². The number of anilines is 1. The molecule has 20 heavy (non-hydrogen) atoms. The minimum Gasteiger partial charge on any atom is -0.353 e. The molecule has 0 saturated carbocycles. The molecule has 1 amide bonds. The van der Waals surface area contributed by atoms with Crippen LogP contribution in [0.15, 0.2) is 30.6 Å². The molecule has 1 fully saturated rings. The summed E-state index contributed by atoms with van der Waals surface area (Å²) in [5.74, 6) is 1.02. The van der Waals surface area contributed by atoms with Gasteiger partial charge in [-0.25, -0.2) is 4.98 Å². The molecular formula is C14H17N5O. The van der Waals surface area contributed by atoms with Crippen molar-refractivity contribution in [2.24, 2.45) is 0 Å². The van der Waals surface area contributed by atoms with Crippen LogP contribution in [-0.2, 0) is 0 Å². The fraction of sp³-hybridized carbons (Fsp3) is 0.357. The van der Waals surface area contributed by atoms with Gasteiger partial charge in [0.2, 0.25) is 0 Å². The van der Waals surface area contributed by atoms with E-state index >= 15 is 0 Å². The topological polar surface area (TPSA) is 65.1 Å². The van der Waals surface area contributed by atoms with Gasteiger partial charge in [-0.05, 0) is 19.1 Å². The molecule has 0 spiro atoms. The lowest BCUT2D eigenvalue weighted by Gasteiger charge is -2.35. The number of aryl methyl sites for hydroxylation is 1. The van der Waals surface area contributed by atoms with Gasteiger partial charge in [0.05, 0.1) is 11.8 Å². The first kappa shape index (κ1) is 12.7. The van der Waals surface area contributed by atoms with E-state index in [1.807, 2.05) is 30.0 Å². The molecule has 2 aromatic heterocycles. The van der Waals surface area contributed by atoms with Gasteiger partial charge in [0.1, 0.15) is 5.82 Å². The maximum Gasteiger partial charge on any atom is 0.257 e. The lowest BCUT2D eigenvalue weighted by molar-refractivity contribution is 0.0746. The Hall–Kier alpha value is -2.37. The second-order valence-corrected chi connectivity index (χ2v) is 4.88. The molecule has 0 radical (unpaired) electrons. The highest BCUT2D eigenvalue weighted by molar-refractivity contribution is 5.95. The minimum atomic E-state index is 0.0527. The molecule has 1 N–H and O–H groups in total. The number of carbonyl (C=O) groups excluding carboxylic acids is 1. The Morgan fingerprint density at radius 3 is 2.65 bits per heavy atom. The van der Waals surface area contributed by atoms with E-state index in [0.29, 0.717) is 18.7 Å². The van der Waals surface area contributed by atoms with Crippen molar-refractivity contribution >= 4 is 11.7 Å². The summed E-state index contributed by atoms with van der Waals surface area (Å²) in [7, 11) is 0. The third-order valence-electron chi connectivity index (χ3n) is 3.60. The molecule has 6 nitrogen and oxygen atoms in total. The van der Waals surface area contributed by atoms with Gasteiger partial charge in [-0.3, -0.25) is 9.89 Å². The van der Waals surface area contributed by atoms with Gasteiger partial charge in [0, 0.05) is 38.1 Å². The largest absolute Gasteiger partial charge is 0.353 e. The Morgan fingerprint density at radius 1 is 1.25 bits per heavy atom. The third-order valence-corrected chi connectivity index (χ3v) is 3.60. The van der Waals surface area contributed by atoms with E-state index in [1.54, 1.807) is 12.4 Å². The number of hydrogen-bond acceptors (Lipinski definition) is 4. The highest BCUT2D eigenvalue weighted by atomic mass is 16.2. The molecule has 0 unspecified atom stereocenters. The SMILES string of the molecule is Cc1[nH]ncc1C(=O)N1CCN(c2ccccn2)CC1. The number of nitrogens with one attached hydrogen (secondary N) is 1. The summed E-state index contributed by atoms with van der Waals surface area (Å²) in [4.78, 5) is 20.8. The van der Waals surface area contributed by atoms with Gasteiger partial charge in [-0.15, -0.1) is 0 Å². The predicted molar refractivity (Wildman–Crippen MR) is 75.7 cm³/mol. The summed E-state index contributed by atoms with van der Waals surface area (Å²) in [6.45, 7) is 4.89. The van der Waals surface area contributed by atoms with Crippen LogP contribution in [0.4, 0.5) is 5.82 Å². The van der Waals surface area contributed by atoms with Crippen LogP contribution in [-0.4, -0.2) is 52.2 Å². The van der Waals surface area contributed by atoms with Gasteiger partial charge in [-0.1, -0.05) is 6.07 Å². The molecule has 1 saturated heterocycles. The van der Waals surface area contributed by atoms with Gasteiger partial charge < -0.3 is 9.80 Å². The molecule has 3 heterocycles. The van der Waals surface area contributed by atoms with Crippen molar-refractivity contribution in [1.29, 1.82) is 0 Å². The van der Waals surface area contributed by atoms with Gasteiger partial charge in [0.25, 0.3) is 5.91 Å². The third kappa shape index (κ3) is 2.36. The summed E-state index contributed by atoms with van der Waals surface area (Å²) in [5, 5.41) is 6.71. The summed E-state index contributed by atoms with van der Waals surface area (Å²) < 4.78 is 0. The first-order valence-electron chi connectivity index (χ1n) is 6.71. The van der Waals surface area contributed by atoms with Crippen molar-refractivity contribution in [2.75, 3.05) is 31.1 Å². The second-order valence-electron chi connectivity index (χ2n) is 4.88. The number of aromatic amines is 1. The van der Waals surface area contributed by atoms with Crippen LogP contribution in [0.25, 0.3) is 0 Å². The number of rotatable bonds is 2. The molecule has 1 aliphatic rings. The summed E-state index contributed by atoms with van der Waals surface area (Å²) in [6, 6.07) is 5.89. The Kier molecular flexibility index (Phi) is 3.37. The Balaban J connectivity index is 1.64. The molecule has 104 valence electrons. The first-order chi connectivity index (χ1) is 9.75. The summed E-state index contributed by atoms with van der Waals surface area (Å²) in [5.41, 5.74) is 1.48. The minimum absolute atomic E-state index is 0.0527. The van der Waals surface area contributed by atoms with Crippen molar-refractivity contribution in [2.45, 2.75) is 6.92 Å². The Bertz CT molecular complexity index is 587. The number of H-pyrrole nitrogens is 1. The van der Waals surface area contributed by atoms with E-state index in [0.717, 1.165) is 24.6 Å². The van der Waals surface area contributed by atoms with Crippen LogP contribution in [0, 0.1) is 6.92 Å². The fourth-order valence-corrected chi connectivity index (χ4v) is 2.42. The lowest BCUT2D eigenvalue weighted by Crippen LogP contribution is -2.49. The van der Waals surface area contributed by atoms with E-state index in [2.05, 4.69) is 20.1 Å². The van der Waals surface area contributed by atoms with Crippen molar-refractivity contribution in [3.05, 3.63) is 41.9 Å². The molecule has 6 heteroatoms. The fourth-order valence-electron chi connectivity index (χ4n) is 2.42. The van der Waals surface area contributed by atoms with Crippen LogP contribution >= 0.6 is 0 Å². The number of amides is 1. The van der Waals surface area contributed by atoms with Crippen LogP contribution < -0.4 is 4.90 Å². The first-order valence-corrected chi connectivity index (χ1v) is 6.71. The van der Waals surface area contributed by atoms with Crippen molar-refractivity contribution in [3.63, 3.8) is 0 Å². The molecule has 0 bridgehead atoms. The van der Waals surface area contributed by atoms with Crippen LogP contribution in [0.2, 0.25) is 0 Å². The van der Waals surface area contributed by atoms with E-state index in [1.165, 1.54) is 0 Å². The molecule has 3 rings (SSSR count). The summed E-state index contributed by atoms with van der Waals surface area (Å²) >= 11 is 0. The van der Waals surface area contributed by atoms with E-state index < -0.39 is 0 Å². The Labute approximate surface area is 117 Å². The molecule has 0 aromatic carbocycles. The maximum atomic E-state index is 12.4. The van der Waals surface area contributed by atoms with Crippen molar-refractivity contribution in [3.8, 4) is 0 Å². The predicted octanol–water partition coefficient (Wildman–Crippen LogP) is 1.08. The number of carbonyl (C=O) groups is 1. The highest BCUT2D eigenvalue weighted by Crippen LogP contribution is 2.15. The normalized spacial score (nSPS) is 15.4. The zero-order valence-corrected chi connectivity index (χ0v) is 11.4. The average molecular weight is 271 g/mol. The van der Waals surface area contributed by atoms with Crippen molar-refractivity contribution in [1.82, 2.24) is 20.1 Å². The Morgan fingerprint density at radius 2 is 2.05 bits per heavy atom. The highest BCUT2D eigenvalue weighted by Gasteiger charge is 2.24. The van der Waals surface area contributed by atoms with E-state index in [4.69, 9.17) is 0 Å². The smallest absolute Gasteiger partial charge is 0.257 e. The molecule has 1 aliphatic heterocycles. The quantitative estimate of drug-likeness (QED) is 0.887. The molecule has 2 aromatic rings. The molecular weight excluding hydrogens is 254 g/mol. The summed E-state index contributed by atoms with van der Waals surface area (Å²) in [6.07, 6.45) is 3.39. The standard InChI is InChI=1S/C14H17N5O/c1-11-12(10-16-17-11)14(20)19-8-6-18(7-9-19)13-4-2-3-5-15-13/h2-5,10H,6-9H2,1H3,(H,16,17). The van der Waals surface area contributed by atoms with Gasteiger partial charge in [0.15, 0.2) is 0 Å². The number of pyridine rings is 1. The van der Waals surface area contributed by atoms with Crippen LogP contribution in [0.3, 0.4) is 0 Å². The zero-order valence-electron chi connectivity index (χ0n) is 11.4. The monoisotopic (exact) mass is 271 g/mol. The van der Waals surface area contributed by atoms with E-state index in [9.17, 15) is 4.79 Å². The number of hydrogen-bond donors (Lipinski definition) is 1. The molecule has 0 atom stereocenters. The van der Waals surface area contributed by atoms with Gasteiger partial charge >= 0.3 is 0 Å². The van der Waals surface area contributed by atoms with E-state index in [-0.39, 0.29) is 5.91 Å². The zero-order chi connectivity index (χ0) is 13.9.